The minimum atomic E-state index is -1.00. The molecule has 0 aliphatic heterocycles. The zero-order valence-corrected chi connectivity index (χ0v) is 13.0. The fourth-order valence-corrected chi connectivity index (χ4v) is 3.45. The first-order valence-electron chi connectivity index (χ1n) is 4.57. The van der Waals surface area contributed by atoms with Crippen molar-refractivity contribution in [2.75, 3.05) is 0 Å². The van der Waals surface area contributed by atoms with Crippen molar-refractivity contribution in [3.8, 4) is 0 Å². The standard InChI is InChI=1S/C11H6Br2ClFOS/c12-5-1-2-6(8(15)3-5)10(16)9-4-7(13)11(14)17-9/h1-4,10,16H. The quantitative estimate of drug-likeness (QED) is 0.739. The number of aliphatic hydroxyl groups excluding tert-OH is 1. The van der Waals surface area contributed by atoms with E-state index in [2.05, 4.69) is 31.9 Å². The van der Waals surface area contributed by atoms with Crippen LogP contribution in [-0.4, -0.2) is 5.11 Å². The van der Waals surface area contributed by atoms with Gasteiger partial charge in [-0.1, -0.05) is 33.6 Å². The molecular weight excluding hydrogens is 394 g/mol. The molecule has 0 saturated heterocycles. The molecule has 2 aromatic rings. The zero-order chi connectivity index (χ0) is 12.6. The zero-order valence-electron chi connectivity index (χ0n) is 8.25. The summed E-state index contributed by atoms with van der Waals surface area (Å²) in [6.07, 6.45) is -1.00. The number of hydrogen-bond donors (Lipinski definition) is 1. The van der Waals surface area contributed by atoms with Crippen LogP contribution in [0.25, 0.3) is 0 Å². The highest BCUT2D eigenvalue weighted by molar-refractivity contribution is 9.10. The number of thiophene rings is 1. The first-order chi connectivity index (χ1) is 7.99. The highest BCUT2D eigenvalue weighted by atomic mass is 79.9. The van der Waals surface area contributed by atoms with Gasteiger partial charge in [0.15, 0.2) is 0 Å². The van der Waals surface area contributed by atoms with Crippen molar-refractivity contribution < 1.29 is 9.50 Å². The van der Waals surface area contributed by atoms with Crippen LogP contribution in [0.5, 0.6) is 0 Å². The molecule has 0 aliphatic carbocycles. The lowest BCUT2D eigenvalue weighted by molar-refractivity contribution is 0.218. The Hall–Kier alpha value is 0.0600. The fraction of sp³-hybridized carbons (Fsp3) is 0.0909. The van der Waals surface area contributed by atoms with E-state index in [0.717, 1.165) is 0 Å². The Labute approximate surface area is 123 Å². The second-order valence-electron chi connectivity index (χ2n) is 3.34. The van der Waals surface area contributed by atoms with Gasteiger partial charge in [-0.3, -0.25) is 0 Å². The summed E-state index contributed by atoms with van der Waals surface area (Å²) in [5, 5.41) is 10.1. The molecule has 0 bridgehead atoms. The van der Waals surface area contributed by atoms with Crippen molar-refractivity contribution >= 4 is 54.8 Å². The van der Waals surface area contributed by atoms with E-state index in [1.165, 1.54) is 17.4 Å². The van der Waals surface area contributed by atoms with E-state index < -0.39 is 11.9 Å². The maximum absolute atomic E-state index is 13.7. The van der Waals surface area contributed by atoms with E-state index in [1.54, 1.807) is 18.2 Å². The molecule has 0 spiro atoms. The van der Waals surface area contributed by atoms with Crippen molar-refractivity contribution in [1.29, 1.82) is 0 Å². The summed E-state index contributed by atoms with van der Waals surface area (Å²) >= 11 is 13.5. The summed E-state index contributed by atoms with van der Waals surface area (Å²) in [5.41, 5.74) is 0.235. The molecule has 0 fully saturated rings. The molecule has 0 aliphatic rings. The molecule has 1 aromatic carbocycles. The number of halogens is 4. The van der Waals surface area contributed by atoms with E-state index in [4.69, 9.17) is 11.6 Å². The van der Waals surface area contributed by atoms with Crippen molar-refractivity contribution in [2.24, 2.45) is 0 Å². The van der Waals surface area contributed by atoms with Crippen LogP contribution in [0.15, 0.2) is 33.2 Å². The fourth-order valence-electron chi connectivity index (χ4n) is 1.37. The van der Waals surface area contributed by atoms with Crippen molar-refractivity contribution in [1.82, 2.24) is 0 Å². The van der Waals surface area contributed by atoms with Crippen LogP contribution in [0.1, 0.15) is 16.5 Å². The molecule has 2 rings (SSSR count). The van der Waals surface area contributed by atoms with Crippen LogP contribution < -0.4 is 0 Å². The summed E-state index contributed by atoms with van der Waals surface area (Å²) in [6.45, 7) is 0. The molecule has 90 valence electrons. The van der Waals surface area contributed by atoms with Gasteiger partial charge < -0.3 is 5.11 Å². The van der Waals surface area contributed by atoms with Crippen LogP contribution in [0.4, 0.5) is 4.39 Å². The Balaban J connectivity index is 2.39. The summed E-state index contributed by atoms with van der Waals surface area (Å²) in [7, 11) is 0. The molecule has 17 heavy (non-hydrogen) atoms. The highest BCUT2D eigenvalue weighted by Crippen LogP contribution is 2.38. The average Bonchev–Trinajstić information content (AvgIpc) is 2.58. The SMILES string of the molecule is OC(c1cc(Br)c(Cl)s1)c1ccc(Br)cc1F. The molecule has 1 nitrogen and oxygen atoms in total. The van der Waals surface area contributed by atoms with E-state index in [9.17, 15) is 9.50 Å². The van der Waals surface area contributed by atoms with Gasteiger partial charge in [-0.2, -0.15) is 0 Å². The molecule has 1 N–H and O–H groups in total. The Bertz CT molecular complexity index is 539. The maximum atomic E-state index is 13.7. The third-order valence-corrected chi connectivity index (χ3v) is 5.21. The largest absolute Gasteiger partial charge is 0.383 e. The summed E-state index contributed by atoms with van der Waals surface area (Å²) in [5.74, 6) is -0.451. The predicted molar refractivity (Wildman–Crippen MR) is 75.2 cm³/mol. The number of rotatable bonds is 2. The van der Waals surface area contributed by atoms with Gasteiger partial charge in [0.1, 0.15) is 16.3 Å². The van der Waals surface area contributed by atoms with E-state index in [0.29, 0.717) is 18.2 Å². The van der Waals surface area contributed by atoms with Gasteiger partial charge in [0.05, 0.1) is 0 Å². The van der Waals surface area contributed by atoms with Gasteiger partial charge in [-0.05, 0) is 34.1 Å². The van der Waals surface area contributed by atoms with Crippen LogP contribution in [0.3, 0.4) is 0 Å². The van der Waals surface area contributed by atoms with E-state index >= 15 is 0 Å². The molecule has 1 aromatic heterocycles. The molecule has 0 amide bonds. The minimum absolute atomic E-state index is 0.235. The Morgan fingerprint density at radius 1 is 1.29 bits per heavy atom. The predicted octanol–water partition coefficient (Wildman–Crippen LogP) is 5.15. The third-order valence-electron chi connectivity index (χ3n) is 2.19. The van der Waals surface area contributed by atoms with Gasteiger partial charge in [-0.25, -0.2) is 4.39 Å². The van der Waals surface area contributed by atoms with Crippen molar-refractivity contribution in [3.05, 3.63) is 53.8 Å². The second-order valence-corrected chi connectivity index (χ2v) is 6.79. The summed E-state index contributed by atoms with van der Waals surface area (Å²) < 4.78 is 15.5. The number of benzene rings is 1. The molecular formula is C11H6Br2ClFOS. The molecule has 1 atom stereocenters. The van der Waals surface area contributed by atoms with Crippen LogP contribution in [0.2, 0.25) is 4.34 Å². The lowest BCUT2D eigenvalue weighted by atomic mass is 10.1. The Morgan fingerprint density at radius 2 is 2.00 bits per heavy atom. The van der Waals surface area contributed by atoms with Crippen LogP contribution in [0, 0.1) is 5.82 Å². The topological polar surface area (TPSA) is 20.2 Å². The molecule has 6 heteroatoms. The molecule has 0 radical (unpaired) electrons. The van der Waals surface area contributed by atoms with Crippen molar-refractivity contribution in [3.63, 3.8) is 0 Å². The Morgan fingerprint density at radius 3 is 2.53 bits per heavy atom. The summed E-state index contributed by atoms with van der Waals surface area (Å²) in [4.78, 5) is 0.600. The minimum Gasteiger partial charge on any atom is -0.383 e. The first kappa shape index (κ1) is 13.5. The van der Waals surface area contributed by atoms with Crippen molar-refractivity contribution in [2.45, 2.75) is 6.10 Å². The first-order valence-corrected chi connectivity index (χ1v) is 7.35. The lowest BCUT2D eigenvalue weighted by Crippen LogP contribution is -2.00. The van der Waals surface area contributed by atoms with Gasteiger partial charge in [0, 0.05) is 19.4 Å². The lowest BCUT2D eigenvalue weighted by Gasteiger charge is -2.10. The molecule has 1 unspecified atom stereocenters. The number of hydrogen-bond acceptors (Lipinski definition) is 2. The maximum Gasteiger partial charge on any atom is 0.130 e. The van der Waals surface area contributed by atoms with Gasteiger partial charge in [0.2, 0.25) is 0 Å². The van der Waals surface area contributed by atoms with Crippen LogP contribution in [-0.2, 0) is 0 Å². The normalized spacial score (nSPS) is 12.8. The average molecular weight is 400 g/mol. The van der Waals surface area contributed by atoms with Gasteiger partial charge in [-0.15, -0.1) is 11.3 Å². The van der Waals surface area contributed by atoms with E-state index in [1.807, 2.05) is 0 Å². The monoisotopic (exact) mass is 398 g/mol. The Kier molecular flexibility index (Phi) is 4.26. The molecule has 1 heterocycles. The van der Waals surface area contributed by atoms with Gasteiger partial charge in [0.25, 0.3) is 0 Å². The smallest absolute Gasteiger partial charge is 0.130 e. The second kappa shape index (κ2) is 5.36. The highest BCUT2D eigenvalue weighted by Gasteiger charge is 2.18. The van der Waals surface area contributed by atoms with Gasteiger partial charge >= 0.3 is 0 Å². The van der Waals surface area contributed by atoms with E-state index in [-0.39, 0.29) is 5.56 Å². The third kappa shape index (κ3) is 2.90. The van der Waals surface area contributed by atoms with Crippen LogP contribution >= 0.6 is 54.8 Å². The molecule has 0 saturated carbocycles. The summed E-state index contributed by atoms with van der Waals surface area (Å²) in [6, 6.07) is 6.25. The number of aliphatic hydroxyl groups is 1.